The van der Waals surface area contributed by atoms with Gasteiger partial charge in [-0.15, -0.1) is 0 Å². The van der Waals surface area contributed by atoms with E-state index in [1.165, 1.54) is 11.6 Å². The van der Waals surface area contributed by atoms with Crippen LogP contribution in [0, 0.1) is 10.1 Å². The Hall–Kier alpha value is -3.02. The van der Waals surface area contributed by atoms with Crippen molar-refractivity contribution in [3.05, 3.63) is 69.8 Å². The molecular formula is C30H39N3O7. The molecule has 0 radical (unpaired) electrons. The predicted molar refractivity (Wildman–Crippen MR) is 152 cm³/mol. The number of hydrogen-bond acceptors (Lipinski definition) is 9. The number of hydrogen-bond donors (Lipinski definition) is 0. The Bertz CT molecular complexity index is 1190. The molecule has 0 amide bonds. The molecule has 2 aromatic carbocycles. The average Bonchev–Trinajstić information content (AvgIpc) is 3.12. The van der Waals surface area contributed by atoms with E-state index in [1.807, 2.05) is 18.2 Å². The third-order valence-electron chi connectivity index (χ3n) is 7.98. The van der Waals surface area contributed by atoms with E-state index in [-0.39, 0.29) is 16.0 Å². The molecule has 10 heteroatoms. The fourth-order valence-electron chi connectivity index (χ4n) is 5.71. The lowest BCUT2D eigenvalue weighted by Gasteiger charge is -2.47. The van der Waals surface area contributed by atoms with E-state index >= 15 is 0 Å². The molecule has 3 heterocycles. The van der Waals surface area contributed by atoms with Crippen LogP contribution in [0.4, 0.5) is 11.4 Å². The van der Waals surface area contributed by atoms with Gasteiger partial charge in [-0.1, -0.05) is 18.2 Å². The van der Waals surface area contributed by atoms with E-state index in [2.05, 4.69) is 41.8 Å². The largest absolute Gasteiger partial charge is 0.463 e. The van der Waals surface area contributed by atoms with Crippen LogP contribution in [0.1, 0.15) is 25.0 Å². The van der Waals surface area contributed by atoms with Gasteiger partial charge in [0.25, 0.3) is 5.69 Å². The number of non-ortho nitro benzene ring substituents is 1. The summed E-state index contributed by atoms with van der Waals surface area (Å²) in [7, 11) is 0. The van der Waals surface area contributed by atoms with Gasteiger partial charge in [-0.05, 0) is 43.7 Å². The van der Waals surface area contributed by atoms with Crippen molar-refractivity contribution in [2.45, 2.75) is 25.0 Å². The van der Waals surface area contributed by atoms with Crippen molar-refractivity contribution < 1.29 is 28.6 Å². The van der Waals surface area contributed by atoms with Crippen LogP contribution < -0.4 is 9.64 Å². The Kier molecular flexibility index (Phi) is 9.02. The number of benzene rings is 2. The van der Waals surface area contributed by atoms with Crippen molar-refractivity contribution in [2.75, 3.05) is 83.9 Å². The molecule has 0 N–H and O–H groups in total. The second-order valence-corrected chi connectivity index (χ2v) is 10.7. The first kappa shape index (κ1) is 28.5. The lowest BCUT2D eigenvalue weighted by molar-refractivity contribution is -0.384. The quantitative estimate of drug-likeness (QED) is 0.288. The van der Waals surface area contributed by atoms with Crippen molar-refractivity contribution in [3.8, 4) is 5.75 Å². The van der Waals surface area contributed by atoms with Crippen LogP contribution in [0.5, 0.6) is 5.75 Å². The van der Waals surface area contributed by atoms with Crippen molar-refractivity contribution >= 4 is 17.5 Å². The number of nitro benzene ring substituents is 1. The van der Waals surface area contributed by atoms with E-state index in [4.69, 9.17) is 23.7 Å². The monoisotopic (exact) mass is 553 g/mol. The molecule has 0 aliphatic carbocycles. The van der Waals surface area contributed by atoms with Crippen LogP contribution >= 0.6 is 0 Å². The van der Waals surface area contributed by atoms with Gasteiger partial charge in [0, 0.05) is 49.6 Å². The van der Waals surface area contributed by atoms with Crippen LogP contribution in [-0.4, -0.2) is 94.6 Å². The van der Waals surface area contributed by atoms with Crippen molar-refractivity contribution in [2.24, 2.45) is 0 Å². The highest BCUT2D eigenvalue weighted by Crippen LogP contribution is 2.54. The molecule has 0 saturated carbocycles. The number of para-hydroxylation sites is 1. The molecule has 216 valence electrons. The summed E-state index contributed by atoms with van der Waals surface area (Å²) < 4.78 is 29.7. The SMILES string of the molecule is CC1(C)c2ccccc2N(CCOCCN2CCOCCOCCOCC2)C12C=Cc1cc([N+](=O)[O-])ccc1O2. The van der Waals surface area contributed by atoms with Gasteiger partial charge >= 0.3 is 0 Å². The minimum atomic E-state index is -0.793. The molecule has 1 saturated heterocycles. The number of fused-ring (bicyclic) bond motifs is 2. The zero-order valence-corrected chi connectivity index (χ0v) is 23.4. The Labute approximate surface area is 235 Å². The fraction of sp³-hybridized carbons (Fsp3) is 0.533. The molecule has 40 heavy (non-hydrogen) atoms. The average molecular weight is 554 g/mol. The summed E-state index contributed by atoms with van der Waals surface area (Å²) in [6.07, 6.45) is 3.99. The number of nitrogens with zero attached hydrogens (tertiary/aromatic N) is 3. The van der Waals surface area contributed by atoms with Crippen molar-refractivity contribution in [1.82, 2.24) is 4.90 Å². The first-order chi connectivity index (χ1) is 19.4. The standard InChI is InChI=1S/C30H39N3O7/c1-29(2)26-5-3-4-6-27(26)32(30(29)10-9-24-23-25(33(34)35)7-8-28(24)40-30)14-18-36-15-11-31-12-16-37-19-21-39-22-20-38-17-13-31/h3-10,23H,11-22H2,1-2H3. The molecule has 2 aromatic rings. The van der Waals surface area contributed by atoms with Gasteiger partial charge in [-0.2, -0.15) is 0 Å². The molecule has 10 nitrogen and oxygen atoms in total. The lowest BCUT2D eigenvalue weighted by Crippen LogP contribution is -2.60. The van der Waals surface area contributed by atoms with Gasteiger partial charge in [0.1, 0.15) is 5.75 Å². The third-order valence-corrected chi connectivity index (χ3v) is 7.98. The summed E-state index contributed by atoms with van der Waals surface area (Å²) >= 11 is 0. The second kappa shape index (κ2) is 12.7. The van der Waals surface area contributed by atoms with Crippen LogP contribution in [0.15, 0.2) is 48.5 Å². The first-order valence-electron chi connectivity index (χ1n) is 14.0. The number of anilines is 1. The highest BCUT2D eigenvalue weighted by Gasteiger charge is 2.58. The summed E-state index contributed by atoms with van der Waals surface area (Å²) in [6, 6.07) is 13.1. The fourth-order valence-corrected chi connectivity index (χ4v) is 5.71. The van der Waals surface area contributed by atoms with Crippen LogP contribution in [0.2, 0.25) is 0 Å². The number of ether oxygens (including phenoxy) is 5. The Morgan fingerprint density at radius 1 is 0.925 bits per heavy atom. The summed E-state index contributed by atoms with van der Waals surface area (Å²) in [4.78, 5) is 15.5. The van der Waals surface area contributed by atoms with Gasteiger partial charge in [0.05, 0.1) is 63.2 Å². The minimum Gasteiger partial charge on any atom is -0.463 e. The second-order valence-electron chi connectivity index (χ2n) is 10.7. The molecule has 1 spiro atoms. The van der Waals surface area contributed by atoms with Crippen molar-refractivity contribution in [3.63, 3.8) is 0 Å². The smallest absolute Gasteiger partial charge is 0.270 e. The van der Waals surface area contributed by atoms with Gasteiger partial charge in [-0.3, -0.25) is 15.0 Å². The number of rotatable bonds is 7. The third kappa shape index (κ3) is 5.87. The van der Waals surface area contributed by atoms with Crippen LogP contribution in [0.3, 0.4) is 0 Å². The topological polar surface area (TPSA) is 95.8 Å². The molecule has 3 aliphatic rings. The maximum atomic E-state index is 11.3. The predicted octanol–water partition coefficient (Wildman–Crippen LogP) is 3.88. The molecule has 3 aliphatic heterocycles. The van der Waals surface area contributed by atoms with Crippen molar-refractivity contribution in [1.29, 1.82) is 0 Å². The van der Waals surface area contributed by atoms with Crippen LogP contribution in [-0.2, 0) is 24.4 Å². The normalized spacial score (nSPS) is 23.1. The van der Waals surface area contributed by atoms with Gasteiger partial charge < -0.3 is 28.6 Å². The summed E-state index contributed by atoms with van der Waals surface area (Å²) in [6.45, 7) is 12.2. The van der Waals surface area contributed by atoms with E-state index in [0.29, 0.717) is 70.7 Å². The van der Waals surface area contributed by atoms with Gasteiger partial charge in [-0.25, -0.2) is 0 Å². The maximum Gasteiger partial charge on any atom is 0.270 e. The summed E-state index contributed by atoms with van der Waals surface area (Å²) in [5.41, 5.74) is 1.87. The first-order valence-corrected chi connectivity index (χ1v) is 14.0. The molecular weight excluding hydrogens is 514 g/mol. The molecule has 0 aromatic heterocycles. The highest BCUT2D eigenvalue weighted by molar-refractivity contribution is 5.73. The maximum absolute atomic E-state index is 11.3. The zero-order chi connectivity index (χ0) is 28.0. The summed E-state index contributed by atoms with van der Waals surface area (Å²) in [5, 5.41) is 11.3. The summed E-state index contributed by atoms with van der Waals surface area (Å²) in [5.74, 6) is 0.631. The Morgan fingerprint density at radius 3 is 2.33 bits per heavy atom. The Morgan fingerprint density at radius 2 is 1.60 bits per heavy atom. The van der Waals surface area contributed by atoms with E-state index in [0.717, 1.165) is 25.3 Å². The number of nitro groups is 1. The zero-order valence-electron chi connectivity index (χ0n) is 23.4. The Balaban J connectivity index is 1.25. The molecule has 1 fully saturated rings. The highest BCUT2D eigenvalue weighted by atomic mass is 16.6. The van der Waals surface area contributed by atoms with E-state index in [1.54, 1.807) is 12.1 Å². The molecule has 1 unspecified atom stereocenters. The van der Waals surface area contributed by atoms with E-state index < -0.39 is 5.72 Å². The molecule has 5 rings (SSSR count). The minimum absolute atomic E-state index is 0.0478. The van der Waals surface area contributed by atoms with Gasteiger partial charge in [0.15, 0.2) is 0 Å². The molecule has 0 bridgehead atoms. The molecule has 1 atom stereocenters. The van der Waals surface area contributed by atoms with E-state index in [9.17, 15) is 10.1 Å². The lowest BCUT2D eigenvalue weighted by atomic mass is 9.76. The van der Waals surface area contributed by atoms with Gasteiger partial charge in [0.2, 0.25) is 5.72 Å². The van der Waals surface area contributed by atoms with Crippen LogP contribution in [0.25, 0.3) is 6.08 Å².